The molecule has 1 N–H and O–H groups in total. The standard InChI is InChI=1S/C18H19I.CHF3O3S/c19-18-13-7-6-12-17(18)16-11-5-4-10-15(16)14-8-2-1-3-9-14;2-1(3,4)8(5,6)7/h4-7,10-14H,1-3,8-9H2;(H,5,6,7). The average Bonchev–Trinajstić information content (AvgIpc) is 2.62. The fraction of sp³-hybridized carbons (Fsp3) is 0.368. The van der Waals surface area contributed by atoms with E-state index >= 15 is 0 Å². The summed E-state index contributed by atoms with van der Waals surface area (Å²) < 4.78 is 58.9. The lowest BCUT2D eigenvalue weighted by Crippen LogP contribution is -2.21. The SMILES string of the molecule is Ic1ccccc1-c1ccccc1C1CCCCC1.O=S(=O)(O)C(F)(F)F. The highest BCUT2D eigenvalue weighted by atomic mass is 127. The van der Waals surface area contributed by atoms with Crippen molar-refractivity contribution in [3.05, 3.63) is 57.7 Å². The first kappa shape index (κ1) is 22.2. The molecular formula is C19H20F3IO3S. The van der Waals surface area contributed by atoms with Gasteiger partial charge in [0, 0.05) is 3.57 Å². The Morgan fingerprint density at radius 1 is 0.889 bits per heavy atom. The number of alkyl halides is 3. The van der Waals surface area contributed by atoms with Crippen LogP contribution in [-0.2, 0) is 10.1 Å². The Bertz CT molecular complexity index is 860. The molecule has 1 aliphatic carbocycles. The summed E-state index contributed by atoms with van der Waals surface area (Å²) in [6.07, 6.45) is 6.93. The van der Waals surface area contributed by atoms with E-state index in [0.29, 0.717) is 0 Å². The lowest BCUT2D eigenvalue weighted by Gasteiger charge is -2.24. The first-order valence-corrected chi connectivity index (χ1v) is 11.0. The molecule has 3 rings (SSSR count). The molecule has 27 heavy (non-hydrogen) atoms. The fourth-order valence-corrected chi connectivity index (χ4v) is 3.87. The van der Waals surface area contributed by atoms with Crippen molar-refractivity contribution in [2.45, 2.75) is 43.5 Å². The Morgan fingerprint density at radius 2 is 1.37 bits per heavy atom. The predicted octanol–water partition coefficient (Wildman–Crippen LogP) is 6.40. The number of halogens is 4. The Hall–Kier alpha value is -1.13. The van der Waals surface area contributed by atoms with Gasteiger partial charge in [0.1, 0.15) is 0 Å². The molecule has 0 amide bonds. The first-order valence-electron chi connectivity index (χ1n) is 8.49. The van der Waals surface area contributed by atoms with Gasteiger partial charge in [0.05, 0.1) is 0 Å². The molecule has 0 heterocycles. The summed E-state index contributed by atoms with van der Waals surface area (Å²) in [5.41, 5.74) is -1.14. The van der Waals surface area contributed by atoms with Gasteiger partial charge in [0.25, 0.3) is 0 Å². The molecule has 3 nitrogen and oxygen atoms in total. The maximum atomic E-state index is 10.7. The van der Waals surface area contributed by atoms with E-state index < -0.39 is 15.6 Å². The summed E-state index contributed by atoms with van der Waals surface area (Å²) in [6, 6.07) is 17.7. The van der Waals surface area contributed by atoms with Crippen LogP contribution in [0.1, 0.15) is 43.6 Å². The highest BCUT2D eigenvalue weighted by Crippen LogP contribution is 2.39. The lowest BCUT2D eigenvalue weighted by atomic mass is 9.81. The summed E-state index contributed by atoms with van der Waals surface area (Å²) in [7, 11) is -5.84. The van der Waals surface area contributed by atoms with Gasteiger partial charge >= 0.3 is 15.6 Å². The molecule has 1 aliphatic rings. The highest BCUT2D eigenvalue weighted by Gasteiger charge is 2.44. The second-order valence-corrected chi connectivity index (χ2v) is 8.90. The van der Waals surface area contributed by atoms with Crippen molar-refractivity contribution in [3.8, 4) is 11.1 Å². The molecule has 0 saturated heterocycles. The van der Waals surface area contributed by atoms with Crippen LogP contribution in [0.5, 0.6) is 0 Å². The first-order chi connectivity index (χ1) is 12.6. The zero-order valence-corrected chi connectivity index (χ0v) is 17.4. The second kappa shape index (κ2) is 9.38. The van der Waals surface area contributed by atoms with E-state index in [1.165, 1.54) is 46.8 Å². The smallest absolute Gasteiger partial charge is 0.279 e. The number of hydrogen-bond acceptors (Lipinski definition) is 2. The van der Waals surface area contributed by atoms with Crippen molar-refractivity contribution in [2.24, 2.45) is 0 Å². The van der Waals surface area contributed by atoms with Gasteiger partial charge in [0.2, 0.25) is 0 Å². The molecule has 0 radical (unpaired) electrons. The third-order valence-electron chi connectivity index (χ3n) is 4.46. The maximum absolute atomic E-state index is 10.7. The van der Waals surface area contributed by atoms with E-state index in [9.17, 15) is 13.2 Å². The second-order valence-electron chi connectivity index (χ2n) is 6.32. The zero-order valence-electron chi connectivity index (χ0n) is 14.4. The summed E-state index contributed by atoms with van der Waals surface area (Å²) in [6.45, 7) is 0. The van der Waals surface area contributed by atoms with Crippen LogP contribution in [0, 0.1) is 3.57 Å². The summed E-state index contributed by atoms with van der Waals surface area (Å²) >= 11 is 2.45. The van der Waals surface area contributed by atoms with E-state index in [1.807, 2.05) is 0 Å². The van der Waals surface area contributed by atoms with Crippen LogP contribution >= 0.6 is 22.6 Å². The number of rotatable bonds is 2. The van der Waals surface area contributed by atoms with Crippen molar-refractivity contribution >= 4 is 32.7 Å². The van der Waals surface area contributed by atoms with E-state index in [-0.39, 0.29) is 0 Å². The van der Waals surface area contributed by atoms with Gasteiger partial charge in [0.15, 0.2) is 0 Å². The van der Waals surface area contributed by atoms with Crippen LogP contribution in [-0.4, -0.2) is 18.5 Å². The molecule has 0 unspecified atom stereocenters. The summed E-state index contributed by atoms with van der Waals surface area (Å²) in [5, 5.41) is 0. The van der Waals surface area contributed by atoms with Gasteiger partial charge in [-0.25, -0.2) is 0 Å². The fourth-order valence-electron chi connectivity index (χ4n) is 3.19. The van der Waals surface area contributed by atoms with Gasteiger partial charge in [-0.1, -0.05) is 61.7 Å². The van der Waals surface area contributed by atoms with E-state index in [0.717, 1.165) is 5.92 Å². The minimum absolute atomic E-state index is 0.765. The number of benzene rings is 2. The topological polar surface area (TPSA) is 54.4 Å². The molecule has 0 bridgehead atoms. The van der Waals surface area contributed by atoms with Gasteiger partial charge in [-0.05, 0) is 64.1 Å². The van der Waals surface area contributed by atoms with Gasteiger partial charge in [-0.15, -0.1) is 0 Å². The van der Waals surface area contributed by atoms with Crippen molar-refractivity contribution in [1.82, 2.24) is 0 Å². The molecule has 0 aromatic heterocycles. The molecule has 0 spiro atoms. The van der Waals surface area contributed by atoms with Gasteiger partial charge in [-0.3, -0.25) is 4.55 Å². The molecule has 0 atom stereocenters. The van der Waals surface area contributed by atoms with Gasteiger partial charge < -0.3 is 0 Å². The van der Waals surface area contributed by atoms with Crippen molar-refractivity contribution in [2.75, 3.05) is 0 Å². The Balaban J connectivity index is 0.000000279. The molecule has 0 aliphatic heterocycles. The largest absolute Gasteiger partial charge is 0.522 e. The molecule has 1 saturated carbocycles. The zero-order chi connectivity index (χ0) is 20.1. The van der Waals surface area contributed by atoms with E-state index in [4.69, 9.17) is 13.0 Å². The third kappa shape index (κ3) is 6.18. The predicted molar refractivity (Wildman–Crippen MR) is 108 cm³/mol. The van der Waals surface area contributed by atoms with Crippen LogP contribution in [0.3, 0.4) is 0 Å². The van der Waals surface area contributed by atoms with Crippen molar-refractivity contribution in [3.63, 3.8) is 0 Å². The summed E-state index contributed by atoms with van der Waals surface area (Å²) in [5.74, 6) is 0.765. The Kier molecular flexibility index (Phi) is 7.70. The highest BCUT2D eigenvalue weighted by molar-refractivity contribution is 14.1. The third-order valence-corrected chi connectivity index (χ3v) is 5.99. The lowest BCUT2D eigenvalue weighted by molar-refractivity contribution is -0.0510. The van der Waals surface area contributed by atoms with Crippen LogP contribution < -0.4 is 0 Å². The minimum Gasteiger partial charge on any atom is -0.279 e. The average molecular weight is 512 g/mol. The molecule has 2 aromatic carbocycles. The maximum Gasteiger partial charge on any atom is 0.522 e. The van der Waals surface area contributed by atoms with Crippen molar-refractivity contribution < 1.29 is 26.1 Å². The quantitative estimate of drug-likeness (QED) is 0.288. The van der Waals surface area contributed by atoms with Crippen LogP contribution in [0.4, 0.5) is 13.2 Å². The minimum atomic E-state index is -5.84. The normalized spacial score (nSPS) is 15.7. The molecule has 1 fully saturated rings. The monoisotopic (exact) mass is 512 g/mol. The van der Waals surface area contributed by atoms with E-state index in [2.05, 4.69) is 71.1 Å². The van der Waals surface area contributed by atoms with Gasteiger partial charge in [-0.2, -0.15) is 21.6 Å². The summed E-state index contributed by atoms with van der Waals surface area (Å²) in [4.78, 5) is 0. The molecule has 8 heteroatoms. The van der Waals surface area contributed by atoms with Crippen LogP contribution in [0.2, 0.25) is 0 Å². The Morgan fingerprint density at radius 3 is 1.89 bits per heavy atom. The van der Waals surface area contributed by atoms with Crippen LogP contribution in [0.15, 0.2) is 48.5 Å². The molecule has 2 aromatic rings. The number of hydrogen-bond donors (Lipinski definition) is 1. The molecular weight excluding hydrogens is 492 g/mol. The molecule has 148 valence electrons. The van der Waals surface area contributed by atoms with E-state index in [1.54, 1.807) is 5.56 Å². The Labute approximate surface area is 170 Å². The van der Waals surface area contributed by atoms with Crippen LogP contribution in [0.25, 0.3) is 11.1 Å². The van der Waals surface area contributed by atoms with Crippen molar-refractivity contribution in [1.29, 1.82) is 0 Å².